The molecular weight excluding hydrogens is 136 g/mol. The van der Waals surface area contributed by atoms with Crippen molar-refractivity contribution < 1.29 is 5.11 Å². The van der Waals surface area contributed by atoms with Crippen LogP contribution in [0.3, 0.4) is 0 Å². The van der Waals surface area contributed by atoms with Gasteiger partial charge in [-0.2, -0.15) is 0 Å². The van der Waals surface area contributed by atoms with E-state index in [4.69, 9.17) is 0 Å². The molecule has 62 valence electrons. The summed E-state index contributed by atoms with van der Waals surface area (Å²) in [6, 6.07) is 0. The molecule has 0 aromatic heterocycles. The summed E-state index contributed by atoms with van der Waals surface area (Å²) in [5.74, 6) is 0.857. The van der Waals surface area contributed by atoms with Crippen molar-refractivity contribution in [3.8, 4) is 0 Å². The Balaban J connectivity index is 2.63. The molecular formula is C10H16O. The molecule has 1 rings (SSSR count). The van der Waals surface area contributed by atoms with Gasteiger partial charge in [0.05, 0.1) is 6.10 Å². The Kier molecular flexibility index (Phi) is 2.50. The first-order valence-corrected chi connectivity index (χ1v) is 4.13. The largest absolute Gasteiger partial charge is 0.389 e. The molecule has 0 saturated carbocycles. The fraction of sp³-hybridized carbons (Fsp3) is 0.600. The van der Waals surface area contributed by atoms with Crippen LogP contribution in [-0.2, 0) is 0 Å². The molecule has 0 bridgehead atoms. The van der Waals surface area contributed by atoms with Crippen LogP contribution >= 0.6 is 0 Å². The minimum atomic E-state index is -0.245. The second-order valence-corrected chi connectivity index (χ2v) is 3.54. The summed E-state index contributed by atoms with van der Waals surface area (Å²) in [4.78, 5) is 0. The van der Waals surface area contributed by atoms with E-state index in [2.05, 4.69) is 19.6 Å². The molecule has 0 aromatic carbocycles. The molecule has 0 aromatic rings. The molecule has 1 aliphatic carbocycles. The maximum absolute atomic E-state index is 9.36. The first-order chi connectivity index (χ1) is 5.11. The fourth-order valence-electron chi connectivity index (χ4n) is 1.42. The van der Waals surface area contributed by atoms with Gasteiger partial charge in [0.2, 0.25) is 0 Å². The summed E-state index contributed by atoms with van der Waals surface area (Å²) >= 11 is 0. The van der Waals surface area contributed by atoms with Crippen molar-refractivity contribution in [2.75, 3.05) is 0 Å². The summed E-state index contributed by atoms with van der Waals surface area (Å²) in [5, 5.41) is 9.36. The topological polar surface area (TPSA) is 20.2 Å². The minimum Gasteiger partial charge on any atom is -0.389 e. The number of hydrogen-bond acceptors (Lipinski definition) is 1. The van der Waals surface area contributed by atoms with Crippen molar-refractivity contribution in [2.24, 2.45) is 11.8 Å². The fourth-order valence-corrected chi connectivity index (χ4v) is 1.42. The lowest BCUT2D eigenvalue weighted by Gasteiger charge is -2.25. The lowest BCUT2D eigenvalue weighted by Crippen LogP contribution is -2.22. The van der Waals surface area contributed by atoms with Crippen LogP contribution in [0.15, 0.2) is 24.3 Å². The maximum Gasteiger partial charge on any atom is 0.0746 e. The van der Waals surface area contributed by atoms with Crippen LogP contribution in [0, 0.1) is 11.8 Å². The zero-order valence-electron chi connectivity index (χ0n) is 7.25. The molecule has 0 aliphatic heterocycles. The number of allylic oxidation sites excluding steroid dienone is 2. The second-order valence-electron chi connectivity index (χ2n) is 3.54. The highest BCUT2D eigenvalue weighted by molar-refractivity contribution is 5.12. The summed E-state index contributed by atoms with van der Waals surface area (Å²) in [6.07, 6.45) is 4.73. The summed E-state index contributed by atoms with van der Waals surface area (Å²) in [7, 11) is 0. The van der Waals surface area contributed by atoms with Gasteiger partial charge in [-0.05, 0) is 25.2 Å². The lowest BCUT2D eigenvalue weighted by molar-refractivity contribution is 0.143. The number of hydrogen-bond donors (Lipinski definition) is 1. The predicted molar refractivity (Wildman–Crippen MR) is 47.2 cm³/mol. The highest BCUT2D eigenvalue weighted by Gasteiger charge is 2.20. The Morgan fingerprint density at radius 2 is 2.18 bits per heavy atom. The minimum absolute atomic E-state index is 0.245. The molecule has 0 saturated heterocycles. The van der Waals surface area contributed by atoms with Gasteiger partial charge in [-0.3, -0.25) is 0 Å². The SMILES string of the molecule is C=C(C)[C@H]1C=C[C@@H](O)[C@@H](C)C1. The van der Waals surface area contributed by atoms with E-state index >= 15 is 0 Å². The van der Waals surface area contributed by atoms with E-state index in [9.17, 15) is 5.11 Å². The first-order valence-electron chi connectivity index (χ1n) is 4.13. The van der Waals surface area contributed by atoms with E-state index in [0.29, 0.717) is 11.8 Å². The average molecular weight is 152 g/mol. The predicted octanol–water partition coefficient (Wildman–Crippen LogP) is 2.14. The zero-order valence-corrected chi connectivity index (χ0v) is 7.25. The third-order valence-electron chi connectivity index (χ3n) is 2.38. The van der Waals surface area contributed by atoms with E-state index < -0.39 is 0 Å². The van der Waals surface area contributed by atoms with Crippen LogP contribution in [0.2, 0.25) is 0 Å². The smallest absolute Gasteiger partial charge is 0.0746 e. The van der Waals surface area contributed by atoms with Crippen molar-refractivity contribution in [1.82, 2.24) is 0 Å². The molecule has 0 spiro atoms. The maximum atomic E-state index is 9.36. The van der Waals surface area contributed by atoms with Crippen LogP contribution in [-0.4, -0.2) is 11.2 Å². The van der Waals surface area contributed by atoms with Crippen molar-refractivity contribution in [3.05, 3.63) is 24.3 Å². The highest BCUT2D eigenvalue weighted by atomic mass is 16.3. The lowest BCUT2D eigenvalue weighted by atomic mass is 9.83. The Hall–Kier alpha value is -0.560. The van der Waals surface area contributed by atoms with Gasteiger partial charge in [-0.1, -0.05) is 31.2 Å². The van der Waals surface area contributed by atoms with Gasteiger partial charge in [-0.25, -0.2) is 0 Å². The molecule has 3 atom stereocenters. The Bertz CT molecular complexity index is 181. The van der Waals surface area contributed by atoms with Gasteiger partial charge in [0.25, 0.3) is 0 Å². The van der Waals surface area contributed by atoms with Gasteiger partial charge < -0.3 is 5.11 Å². The number of rotatable bonds is 1. The molecule has 0 unspecified atom stereocenters. The average Bonchev–Trinajstić information content (AvgIpc) is 1.94. The molecule has 1 nitrogen and oxygen atoms in total. The normalized spacial score (nSPS) is 37.2. The van der Waals surface area contributed by atoms with Crippen molar-refractivity contribution >= 4 is 0 Å². The molecule has 1 N–H and O–H groups in total. The quantitative estimate of drug-likeness (QED) is 0.571. The first kappa shape index (κ1) is 8.54. The van der Waals surface area contributed by atoms with Gasteiger partial charge in [0, 0.05) is 0 Å². The van der Waals surface area contributed by atoms with Crippen LogP contribution in [0.5, 0.6) is 0 Å². The van der Waals surface area contributed by atoms with Gasteiger partial charge >= 0.3 is 0 Å². The molecule has 0 amide bonds. The van der Waals surface area contributed by atoms with Crippen molar-refractivity contribution in [3.63, 3.8) is 0 Å². The number of aliphatic hydroxyl groups excluding tert-OH is 1. The van der Waals surface area contributed by atoms with E-state index in [1.54, 1.807) is 0 Å². The third kappa shape index (κ3) is 1.93. The molecule has 11 heavy (non-hydrogen) atoms. The standard InChI is InChI=1S/C10H16O/c1-7(2)9-4-5-10(11)8(3)6-9/h4-5,8-11H,1,6H2,2-3H3/t8-,9-,10+/m0/s1. The van der Waals surface area contributed by atoms with Crippen molar-refractivity contribution in [2.45, 2.75) is 26.4 Å². The third-order valence-corrected chi connectivity index (χ3v) is 2.38. The van der Waals surface area contributed by atoms with Gasteiger partial charge in [0.1, 0.15) is 0 Å². The van der Waals surface area contributed by atoms with Crippen molar-refractivity contribution in [1.29, 1.82) is 0 Å². The van der Waals surface area contributed by atoms with Crippen LogP contribution in [0.25, 0.3) is 0 Å². The van der Waals surface area contributed by atoms with E-state index in [0.717, 1.165) is 6.42 Å². The molecule has 0 radical (unpaired) electrons. The molecule has 0 heterocycles. The molecule has 1 aliphatic rings. The van der Waals surface area contributed by atoms with Crippen LogP contribution < -0.4 is 0 Å². The van der Waals surface area contributed by atoms with E-state index in [1.807, 2.05) is 13.0 Å². The molecule has 1 heteroatoms. The van der Waals surface area contributed by atoms with Gasteiger partial charge in [-0.15, -0.1) is 0 Å². The summed E-state index contributed by atoms with van der Waals surface area (Å²) < 4.78 is 0. The summed E-state index contributed by atoms with van der Waals surface area (Å²) in [5.41, 5.74) is 1.19. The zero-order chi connectivity index (χ0) is 8.43. The monoisotopic (exact) mass is 152 g/mol. The Morgan fingerprint density at radius 1 is 1.55 bits per heavy atom. The Labute approximate surface area is 68.4 Å². The van der Waals surface area contributed by atoms with Gasteiger partial charge in [0.15, 0.2) is 0 Å². The van der Waals surface area contributed by atoms with Crippen LogP contribution in [0.1, 0.15) is 20.3 Å². The van der Waals surface area contributed by atoms with E-state index in [-0.39, 0.29) is 6.10 Å². The second kappa shape index (κ2) is 3.22. The van der Waals surface area contributed by atoms with E-state index in [1.165, 1.54) is 5.57 Å². The highest BCUT2D eigenvalue weighted by Crippen LogP contribution is 2.27. The molecule has 0 fully saturated rings. The Morgan fingerprint density at radius 3 is 2.64 bits per heavy atom. The number of aliphatic hydroxyl groups is 1. The summed E-state index contributed by atoms with van der Waals surface area (Å²) in [6.45, 7) is 8.02. The van der Waals surface area contributed by atoms with Crippen LogP contribution in [0.4, 0.5) is 0 Å².